The number of nitrogens with zero attached hydrogens (tertiary/aromatic N) is 1. The van der Waals surface area contributed by atoms with Crippen LogP contribution in [0.1, 0.15) is 35.7 Å². The molecular formula is C24H25N3O3. The van der Waals surface area contributed by atoms with Gasteiger partial charge in [-0.2, -0.15) is 0 Å². The molecule has 0 atom stereocenters. The summed E-state index contributed by atoms with van der Waals surface area (Å²) >= 11 is 0. The monoisotopic (exact) mass is 403 g/mol. The van der Waals surface area contributed by atoms with Gasteiger partial charge in [0.25, 0.3) is 0 Å². The molecule has 2 amide bonds. The molecule has 0 saturated carbocycles. The highest BCUT2D eigenvalue weighted by molar-refractivity contribution is 5.98. The number of fused-ring (bicyclic) bond motifs is 1. The van der Waals surface area contributed by atoms with Gasteiger partial charge in [-0.05, 0) is 48.2 Å². The minimum absolute atomic E-state index is 0.165. The quantitative estimate of drug-likeness (QED) is 0.508. The second-order valence-corrected chi connectivity index (χ2v) is 7.20. The summed E-state index contributed by atoms with van der Waals surface area (Å²) < 4.78 is 0. The molecule has 0 fully saturated rings. The Hall–Kier alpha value is -3.67. The molecule has 154 valence electrons. The lowest BCUT2D eigenvalue weighted by Crippen LogP contribution is -2.22. The maximum absolute atomic E-state index is 11.2. The summed E-state index contributed by atoms with van der Waals surface area (Å²) in [4.78, 5) is 27.2. The molecule has 0 saturated heterocycles. The van der Waals surface area contributed by atoms with Gasteiger partial charge in [-0.1, -0.05) is 49.2 Å². The molecular weight excluding hydrogens is 378 g/mol. The van der Waals surface area contributed by atoms with Gasteiger partial charge < -0.3 is 16.2 Å². The standard InChI is InChI=1S/C24H25N3O3/c1-3-4-20-19(14-26-24(29)30)23(17-9-5-15(2)6-10-17)18-13-16(8-12-22(25)28)7-11-21(18)27-20/h5-13,26H,3-4,14H2,1-2H3,(H2,25,28)(H,29,30)/b12-8+. The number of nitrogens with one attached hydrogen (secondary N) is 1. The highest BCUT2D eigenvalue weighted by Gasteiger charge is 2.17. The maximum atomic E-state index is 11.2. The molecule has 3 aromatic rings. The van der Waals surface area contributed by atoms with Crippen LogP contribution in [0.5, 0.6) is 0 Å². The van der Waals surface area contributed by atoms with Gasteiger partial charge in [0, 0.05) is 29.3 Å². The summed E-state index contributed by atoms with van der Waals surface area (Å²) in [6.07, 6.45) is 3.54. The van der Waals surface area contributed by atoms with Crippen LogP contribution in [0.15, 0.2) is 48.5 Å². The molecule has 6 heteroatoms. The Morgan fingerprint density at radius 1 is 1.17 bits per heavy atom. The van der Waals surface area contributed by atoms with Crippen molar-refractivity contribution >= 4 is 29.0 Å². The zero-order valence-electron chi connectivity index (χ0n) is 17.1. The van der Waals surface area contributed by atoms with E-state index in [0.717, 1.165) is 57.3 Å². The van der Waals surface area contributed by atoms with Crippen LogP contribution in [0, 0.1) is 6.92 Å². The van der Waals surface area contributed by atoms with Crippen molar-refractivity contribution < 1.29 is 14.7 Å². The van der Waals surface area contributed by atoms with Crippen LogP contribution in [0.4, 0.5) is 4.79 Å². The first-order valence-electron chi connectivity index (χ1n) is 9.86. The predicted molar refractivity (Wildman–Crippen MR) is 119 cm³/mol. The molecule has 2 aromatic carbocycles. The fourth-order valence-electron chi connectivity index (χ4n) is 3.50. The first kappa shape index (κ1) is 21.0. The second kappa shape index (κ2) is 9.22. The zero-order valence-corrected chi connectivity index (χ0v) is 17.1. The van der Waals surface area contributed by atoms with Gasteiger partial charge in [-0.15, -0.1) is 0 Å². The molecule has 0 radical (unpaired) electrons. The SMILES string of the molecule is CCCc1nc2ccc(/C=C/C(N)=O)cc2c(-c2ccc(C)cc2)c1CNC(=O)O. The summed E-state index contributed by atoms with van der Waals surface area (Å²) in [5.74, 6) is -0.517. The van der Waals surface area contributed by atoms with E-state index in [9.17, 15) is 14.7 Å². The van der Waals surface area contributed by atoms with Crippen LogP contribution >= 0.6 is 0 Å². The molecule has 6 nitrogen and oxygen atoms in total. The van der Waals surface area contributed by atoms with Crippen molar-refractivity contribution in [2.75, 3.05) is 0 Å². The number of pyridine rings is 1. The van der Waals surface area contributed by atoms with Crippen molar-refractivity contribution in [3.63, 3.8) is 0 Å². The van der Waals surface area contributed by atoms with E-state index >= 15 is 0 Å². The number of hydrogen-bond donors (Lipinski definition) is 3. The third-order valence-electron chi connectivity index (χ3n) is 4.88. The number of benzene rings is 2. The lowest BCUT2D eigenvalue weighted by atomic mass is 9.91. The average molecular weight is 403 g/mol. The maximum Gasteiger partial charge on any atom is 0.404 e. The molecule has 4 N–H and O–H groups in total. The summed E-state index contributed by atoms with van der Waals surface area (Å²) in [5, 5.41) is 12.6. The van der Waals surface area contributed by atoms with Crippen molar-refractivity contribution in [2.45, 2.75) is 33.2 Å². The van der Waals surface area contributed by atoms with Gasteiger partial charge in [0.2, 0.25) is 5.91 Å². The van der Waals surface area contributed by atoms with Crippen LogP contribution in [-0.4, -0.2) is 22.1 Å². The van der Waals surface area contributed by atoms with Gasteiger partial charge >= 0.3 is 6.09 Å². The topological polar surface area (TPSA) is 105 Å². The van der Waals surface area contributed by atoms with Gasteiger partial charge in [0.1, 0.15) is 0 Å². The van der Waals surface area contributed by atoms with E-state index in [-0.39, 0.29) is 6.54 Å². The van der Waals surface area contributed by atoms with Gasteiger partial charge in [0.15, 0.2) is 0 Å². The Labute approximate surface area is 175 Å². The smallest absolute Gasteiger partial charge is 0.404 e. The number of primary amides is 1. The molecule has 0 unspecified atom stereocenters. The summed E-state index contributed by atoms with van der Waals surface area (Å²) in [6, 6.07) is 13.9. The third kappa shape index (κ3) is 4.84. The van der Waals surface area contributed by atoms with Gasteiger partial charge in [-0.3, -0.25) is 9.78 Å². The van der Waals surface area contributed by atoms with E-state index in [4.69, 9.17) is 10.7 Å². The fourth-order valence-corrected chi connectivity index (χ4v) is 3.50. The number of nitrogens with two attached hydrogens (primary N) is 1. The molecule has 3 rings (SSSR count). The number of amides is 2. The Morgan fingerprint density at radius 2 is 1.90 bits per heavy atom. The summed E-state index contributed by atoms with van der Waals surface area (Å²) in [5.41, 5.74) is 11.7. The summed E-state index contributed by atoms with van der Waals surface area (Å²) in [7, 11) is 0. The Morgan fingerprint density at radius 3 is 2.53 bits per heavy atom. The van der Waals surface area contributed by atoms with E-state index in [1.54, 1.807) is 6.08 Å². The Balaban J connectivity index is 2.32. The van der Waals surface area contributed by atoms with Gasteiger partial charge in [-0.25, -0.2) is 4.79 Å². The van der Waals surface area contributed by atoms with Crippen molar-refractivity contribution in [3.8, 4) is 11.1 Å². The van der Waals surface area contributed by atoms with Crippen LogP contribution < -0.4 is 11.1 Å². The Bertz CT molecular complexity index is 1120. The van der Waals surface area contributed by atoms with Crippen LogP contribution in [0.2, 0.25) is 0 Å². The van der Waals surface area contributed by atoms with Crippen LogP contribution in [0.25, 0.3) is 28.1 Å². The van der Waals surface area contributed by atoms with E-state index < -0.39 is 12.0 Å². The molecule has 0 spiro atoms. The highest BCUT2D eigenvalue weighted by atomic mass is 16.4. The summed E-state index contributed by atoms with van der Waals surface area (Å²) in [6.45, 7) is 4.26. The molecule has 1 aromatic heterocycles. The van der Waals surface area contributed by atoms with Crippen molar-refractivity contribution in [2.24, 2.45) is 5.73 Å². The number of carbonyl (C=O) groups excluding carboxylic acids is 1. The largest absolute Gasteiger partial charge is 0.465 e. The normalized spacial score (nSPS) is 11.1. The number of aromatic nitrogens is 1. The van der Waals surface area contributed by atoms with Crippen molar-refractivity contribution in [1.29, 1.82) is 0 Å². The zero-order chi connectivity index (χ0) is 21.7. The van der Waals surface area contributed by atoms with Crippen molar-refractivity contribution in [3.05, 3.63) is 70.9 Å². The number of hydrogen-bond acceptors (Lipinski definition) is 3. The van der Waals surface area contributed by atoms with Gasteiger partial charge in [0.05, 0.1) is 5.52 Å². The lowest BCUT2D eigenvalue weighted by molar-refractivity contribution is -0.113. The fraction of sp³-hybridized carbons (Fsp3) is 0.208. The number of rotatable bonds is 7. The second-order valence-electron chi connectivity index (χ2n) is 7.20. The minimum atomic E-state index is -1.08. The van der Waals surface area contributed by atoms with Crippen LogP contribution in [-0.2, 0) is 17.8 Å². The lowest BCUT2D eigenvalue weighted by Gasteiger charge is -2.18. The minimum Gasteiger partial charge on any atom is -0.465 e. The number of carboxylic acid groups (broad SMARTS) is 1. The van der Waals surface area contributed by atoms with E-state index in [0.29, 0.717) is 0 Å². The first-order chi connectivity index (χ1) is 14.4. The molecule has 0 aliphatic carbocycles. The Kier molecular flexibility index (Phi) is 6.47. The molecule has 0 aliphatic rings. The van der Waals surface area contributed by atoms with Crippen molar-refractivity contribution in [1.82, 2.24) is 10.3 Å². The average Bonchev–Trinajstić information content (AvgIpc) is 2.71. The van der Waals surface area contributed by atoms with E-state index in [1.165, 1.54) is 6.08 Å². The first-order valence-corrected chi connectivity index (χ1v) is 9.86. The number of carbonyl (C=O) groups is 2. The molecule has 0 aliphatic heterocycles. The third-order valence-corrected chi connectivity index (χ3v) is 4.88. The predicted octanol–water partition coefficient (Wildman–Crippen LogP) is 4.43. The van der Waals surface area contributed by atoms with E-state index in [2.05, 4.69) is 12.2 Å². The van der Waals surface area contributed by atoms with E-state index in [1.807, 2.05) is 49.4 Å². The highest BCUT2D eigenvalue weighted by Crippen LogP contribution is 2.34. The van der Waals surface area contributed by atoms with Crippen LogP contribution in [0.3, 0.4) is 0 Å². The molecule has 30 heavy (non-hydrogen) atoms. The number of aryl methyl sites for hydroxylation is 2. The molecule has 1 heterocycles. The molecule has 0 bridgehead atoms.